The molecule has 0 radical (unpaired) electrons. The van der Waals surface area contributed by atoms with Crippen LogP contribution in [-0.2, 0) is 17.9 Å². The summed E-state index contributed by atoms with van der Waals surface area (Å²) in [4.78, 5) is 9.37. The molecule has 4 heteroatoms. The molecule has 1 aromatic heterocycles. The first kappa shape index (κ1) is 12.5. The van der Waals surface area contributed by atoms with E-state index in [0.29, 0.717) is 0 Å². The molecule has 1 aliphatic rings. The Balaban J connectivity index is 1.93. The molecule has 0 unspecified atom stereocenters. The van der Waals surface area contributed by atoms with Crippen LogP contribution in [0.3, 0.4) is 0 Å². The maximum atomic E-state index is 4.71. The van der Waals surface area contributed by atoms with E-state index in [1.807, 2.05) is 18.8 Å². The quantitative estimate of drug-likeness (QED) is 0.930. The molecule has 0 saturated carbocycles. The minimum absolute atomic E-state index is 0.800. The van der Waals surface area contributed by atoms with E-state index in [-0.39, 0.29) is 0 Å². The van der Waals surface area contributed by atoms with Gasteiger partial charge in [0.25, 0.3) is 0 Å². The second-order valence-corrected chi connectivity index (χ2v) is 5.81. The lowest BCUT2D eigenvalue weighted by Gasteiger charge is -2.09. The molecule has 2 heterocycles. The Hall–Kier alpha value is -1.55. The molecule has 3 rings (SSSR count). The van der Waals surface area contributed by atoms with Gasteiger partial charge >= 0.3 is 0 Å². The van der Waals surface area contributed by atoms with Crippen LogP contribution in [0.2, 0.25) is 0 Å². The van der Waals surface area contributed by atoms with Crippen LogP contribution < -0.4 is 5.32 Å². The zero-order chi connectivity index (χ0) is 13.2. The molecular formula is C15H17N3S. The molecule has 0 spiro atoms. The lowest BCUT2D eigenvalue weighted by molar-refractivity contribution is 0.929. The fraction of sp³-hybridized carbons (Fsp3) is 0.333. The van der Waals surface area contributed by atoms with Gasteiger partial charge in [0.15, 0.2) is 0 Å². The van der Waals surface area contributed by atoms with Gasteiger partial charge in [0.2, 0.25) is 0 Å². The minimum Gasteiger partial charge on any atom is -0.373 e. The van der Waals surface area contributed by atoms with Crippen molar-refractivity contribution in [1.82, 2.24) is 9.97 Å². The summed E-state index contributed by atoms with van der Waals surface area (Å²) in [6, 6.07) is 8.54. The first-order chi connectivity index (χ1) is 9.26. The zero-order valence-corrected chi connectivity index (χ0v) is 12.0. The molecule has 0 amide bonds. The summed E-state index contributed by atoms with van der Waals surface area (Å²) in [6.45, 7) is 2.11. The van der Waals surface area contributed by atoms with Crippen molar-refractivity contribution in [2.75, 3.05) is 12.4 Å². The topological polar surface area (TPSA) is 37.8 Å². The number of anilines is 1. The third kappa shape index (κ3) is 2.59. The van der Waals surface area contributed by atoms with Gasteiger partial charge in [-0.1, -0.05) is 29.8 Å². The van der Waals surface area contributed by atoms with Crippen molar-refractivity contribution in [3.63, 3.8) is 0 Å². The second-order valence-electron chi connectivity index (χ2n) is 4.82. The summed E-state index contributed by atoms with van der Waals surface area (Å²) in [5.41, 5.74) is 5.03. The second kappa shape index (κ2) is 5.21. The molecule has 1 aliphatic heterocycles. The molecule has 1 N–H and O–H groups in total. The summed E-state index contributed by atoms with van der Waals surface area (Å²) < 4.78 is 0. The van der Waals surface area contributed by atoms with Gasteiger partial charge in [-0.15, -0.1) is 0 Å². The molecule has 1 aromatic carbocycles. The van der Waals surface area contributed by atoms with Gasteiger partial charge in [-0.05, 0) is 12.5 Å². The van der Waals surface area contributed by atoms with Crippen LogP contribution in [0.25, 0.3) is 0 Å². The maximum Gasteiger partial charge on any atom is 0.135 e. The van der Waals surface area contributed by atoms with E-state index in [1.54, 1.807) is 0 Å². The van der Waals surface area contributed by atoms with Gasteiger partial charge in [-0.3, -0.25) is 0 Å². The number of rotatable bonds is 3. The van der Waals surface area contributed by atoms with E-state index in [2.05, 4.69) is 41.5 Å². The molecule has 2 aromatic rings. The predicted octanol–water partition coefficient (Wildman–Crippen LogP) is 3.16. The maximum absolute atomic E-state index is 4.71. The third-order valence-corrected chi connectivity index (χ3v) is 4.28. The van der Waals surface area contributed by atoms with Crippen molar-refractivity contribution in [2.45, 2.75) is 24.9 Å². The van der Waals surface area contributed by atoms with Gasteiger partial charge in [-0.2, -0.15) is 11.8 Å². The Morgan fingerprint density at radius 3 is 2.95 bits per heavy atom. The average Bonchev–Trinajstić information content (AvgIpc) is 2.86. The number of benzene rings is 1. The molecule has 0 fully saturated rings. The molecule has 0 bridgehead atoms. The standard InChI is InChI=1S/C15H17N3S/c1-10-4-3-5-11(6-10)7-14-17-13-9-19-8-12(13)15(16-2)18-14/h3-6H,7-9H2,1-2H3,(H,16,17,18). The summed E-state index contributed by atoms with van der Waals surface area (Å²) in [5, 5.41) is 3.20. The van der Waals surface area contributed by atoms with Crippen molar-refractivity contribution in [3.8, 4) is 0 Å². The number of aryl methyl sites for hydroxylation is 1. The lowest BCUT2D eigenvalue weighted by Crippen LogP contribution is -2.06. The monoisotopic (exact) mass is 271 g/mol. The van der Waals surface area contributed by atoms with E-state index < -0.39 is 0 Å². The van der Waals surface area contributed by atoms with Gasteiger partial charge in [0.05, 0.1) is 5.69 Å². The van der Waals surface area contributed by atoms with Crippen LogP contribution in [0.5, 0.6) is 0 Å². The lowest BCUT2D eigenvalue weighted by atomic mass is 10.1. The number of hydrogen-bond acceptors (Lipinski definition) is 4. The van der Waals surface area contributed by atoms with Crippen LogP contribution >= 0.6 is 11.8 Å². The first-order valence-corrected chi connectivity index (χ1v) is 7.61. The molecular weight excluding hydrogens is 254 g/mol. The Labute approximate surface area is 117 Å². The average molecular weight is 271 g/mol. The third-order valence-electron chi connectivity index (χ3n) is 3.31. The predicted molar refractivity (Wildman–Crippen MR) is 80.6 cm³/mol. The highest BCUT2D eigenvalue weighted by Gasteiger charge is 2.19. The van der Waals surface area contributed by atoms with E-state index in [1.165, 1.54) is 22.4 Å². The highest BCUT2D eigenvalue weighted by atomic mass is 32.2. The number of nitrogens with one attached hydrogen (secondary N) is 1. The van der Waals surface area contributed by atoms with Gasteiger partial charge in [-0.25, -0.2) is 9.97 Å². The molecule has 0 saturated heterocycles. The highest BCUT2D eigenvalue weighted by molar-refractivity contribution is 7.98. The number of hydrogen-bond donors (Lipinski definition) is 1. The summed E-state index contributed by atoms with van der Waals surface area (Å²) in [7, 11) is 1.93. The van der Waals surface area contributed by atoms with Gasteiger partial charge in [0.1, 0.15) is 11.6 Å². The van der Waals surface area contributed by atoms with Crippen LogP contribution in [0, 0.1) is 6.92 Å². The number of fused-ring (bicyclic) bond motifs is 1. The first-order valence-electron chi connectivity index (χ1n) is 6.46. The number of aromatic nitrogens is 2. The Kier molecular flexibility index (Phi) is 3.42. The largest absolute Gasteiger partial charge is 0.373 e. The number of thioether (sulfide) groups is 1. The SMILES string of the molecule is CNc1nc(Cc2cccc(C)c2)nc2c1CSC2. The fourth-order valence-electron chi connectivity index (χ4n) is 2.39. The van der Waals surface area contributed by atoms with Crippen molar-refractivity contribution in [1.29, 1.82) is 0 Å². The van der Waals surface area contributed by atoms with Gasteiger partial charge in [0, 0.05) is 30.5 Å². The summed E-state index contributed by atoms with van der Waals surface area (Å²) >= 11 is 1.91. The summed E-state index contributed by atoms with van der Waals surface area (Å²) in [6.07, 6.45) is 0.800. The van der Waals surface area contributed by atoms with Gasteiger partial charge < -0.3 is 5.32 Å². The molecule has 0 atom stereocenters. The number of nitrogens with zero attached hydrogens (tertiary/aromatic N) is 2. The van der Waals surface area contributed by atoms with Crippen molar-refractivity contribution in [3.05, 3.63) is 52.5 Å². The van der Waals surface area contributed by atoms with Crippen molar-refractivity contribution in [2.24, 2.45) is 0 Å². The Morgan fingerprint density at radius 1 is 1.26 bits per heavy atom. The summed E-state index contributed by atoms with van der Waals surface area (Å²) in [5.74, 6) is 3.94. The van der Waals surface area contributed by atoms with Crippen LogP contribution in [0.1, 0.15) is 28.2 Å². The van der Waals surface area contributed by atoms with E-state index in [9.17, 15) is 0 Å². The van der Waals surface area contributed by atoms with Crippen molar-refractivity contribution >= 4 is 17.6 Å². The van der Waals surface area contributed by atoms with Crippen LogP contribution in [0.4, 0.5) is 5.82 Å². The molecule has 0 aliphatic carbocycles. The van der Waals surface area contributed by atoms with E-state index in [4.69, 9.17) is 4.98 Å². The van der Waals surface area contributed by atoms with Crippen LogP contribution in [-0.4, -0.2) is 17.0 Å². The smallest absolute Gasteiger partial charge is 0.135 e. The van der Waals surface area contributed by atoms with Crippen molar-refractivity contribution < 1.29 is 0 Å². The molecule has 19 heavy (non-hydrogen) atoms. The zero-order valence-electron chi connectivity index (χ0n) is 11.2. The van der Waals surface area contributed by atoms with E-state index >= 15 is 0 Å². The molecule has 3 nitrogen and oxygen atoms in total. The Bertz CT molecular complexity index is 610. The van der Waals surface area contributed by atoms with E-state index in [0.717, 1.165) is 29.6 Å². The fourth-order valence-corrected chi connectivity index (χ4v) is 3.43. The normalized spacial score (nSPS) is 13.4. The minimum atomic E-state index is 0.800. The Morgan fingerprint density at radius 2 is 2.16 bits per heavy atom. The highest BCUT2D eigenvalue weighted by Crippen LogP contribution is 2.32. The van der Waals surface area contributed by atoms with Crippen LogP contribution in [0.15, 0.2) is 24.3 Å². The molecule has 98 valence electrons.